The molecule has 92 valence electrons. The van der Waals surface area contributed by atoms with Gasteiger partial charge < -0.3 is 5.32 Å². The first-order valence-electron chi connectivity index (χ1n) is 5.34. The molecule has 0 saturated heterocycles. The van der Waals surface area contributed by atoms with Gasteiger partial charge in [0.15, 0.2) is 5.78 Å². The molecule has 0 unspecified atom stereocenters. The molecule has 0 bridgehead atoms. The Bertz CT molecular complexity index is 461. The minimum Gasteiger partial charge on any atom is -0.323 e. The highest BCUT2D eigenvalue weighted by molar-refractivity contribution is 5.97. The molecule has 0 aliphatic carbocycles. The highest BCUT2D eigenvalue weighted by atomic mass is 19.1. The zero-order valence-corrected chi connectivity index (χ0v) is 10.4. The van der Waals surface area contributed by atoms with Crippen molar-refractivity contribution in [2.75, 3.05) is 5.32 Å². The fourth-order valence-corrected chi connectivity index (χ4v) is 1.15. The molecule has 0 saturated carbocycles. The van der Waals surface area contributed by atoms with Crippen LogP contribution in [-0.4, -0.2) is 11.7 Å². The second-order valence-corrected chi connectivity index (χ2v) is 4.95. The van der Waals surface area contributed by atoms with E-state index in [1.54, 1.807) is 20.8 Å². The summed E-state index contributed by atoms with van der Waals surface area (Å²) in [5, 5.41) is 2.49. The summed E-state index contributed by atoms with van der Waals surface area (Å²) in [6.45, 7) is 6.58. The molecule has 1 aromatic carbocycles. The molecule has 0 fully saturated rings. The Morgan fingerprint density at radius 3 is 2.24 bits per heavy atom. The van der Waals surface area contributed by atoms with Gasteiger partial charge in [-0.3, -0.25) is 9.59 Å². The van der Waals surface area contributed by atoms with E-state index in [2.05, 4.69) is 5.32 Å². The highest BCUT2D eigenvalue weighted by Crippen LogP contribution is 2.20. The second-order valence-electron chi connectivity index (χ2n) is 4.95. The number of rotatable bonds is 2. The van der Waals surface area contributed by atoms with Gasteiger partial charge in [0.05, 0.1) is 5.69 Å². The zero-order chi connectivity index (χ0) is 13.2. The van der Waals surface area contributed by atoms with Crippen molar-refractivity contribution >= 4 is 17.4 Å². The molecule has 0 aliphatic heterocycles. The van der Waals surface area contributed by atoms with Crippen LogP contribution in [0.2, 0.25) is 0 Å². The minimum atomic E-state index is -0.602. The SMILES string of the molecule is CC(=O)c1ccc(NC(=O)C(C)(C)C)c(F)c1. The Hall–Kier alpha value is -1.71. The molecule has 17 heavy (non-hydrogen) atoms. The van der Waals surface area contributed by atoms with Crippen LogP contribution >= 0.6 is 0 Å². The quantitative estimate of drug-likeness (QED) is 0.804. The van der Waals surface area contributed by atoms with E-state index in [9.17, 15) is 14.0 Å². The van der Waals surface area contributed by atoms with Crippen molar-refractivity contribution in [3.63, 3.8) is 0 Å². The Morgan fingerprint density at radius 2 is 1.82 bits per heavy atom. The number of anilines is 1. The van der Waals surface area contributed by atoms with Crippen molar-refractivity contribution in [3.8, 4) is 0 Å². The fourth-order valence-electron chi connectivity index (χ4n) is 1.15. The van der Waals surface area contributed by atoms with E-state index in [-0.39, 0.29) is 22.9 Å². The van der Waals surface area contributed by atoms with Crippen LogP contribution in [0.3, 0.4) is 0 Å². The standard InChI is InChI=1S/C13H16FNO2/c1-8(16)9-5-6-11(10(14)7-9)15-12(17)13(2,3)4/h5-7H,1-4H3,(H,15,17). The predicted octanol–water partition coefficient (Wildman–Crippen LogP) is 3.01. The Kier molecular flexibility index (Phi) is 3.66. The lowest BCUT2D eigenvalue weighted by atomic mass is 9.95. The number of ketones is 1. The number of carbonyl (C=O) groups is 2. The lowest BCUT2D eigenvalue weighted by Gasteiger charge is -2.18. The zero-order valence-electron chi connectivity index (χ0n) is 10.4. The third-order valence-corrected chi connectivity index (χ3v) is 2.30. The summed E-state index contributed by atoms with van der Waals surface area (Å²) in [7, 11) is 0. The number of halogens is 1. The average Bonchev–Trinajstić information content (AvgIpc) is 2.19. The third-order valence-electron chi connectivity index (χ3n) is 2.30. The minimum absolute atomic E-state index is 0.0925. The van der Waals surface area contributed by atoms with Crippen LogP contribution in [-0.2, 0) is 4.79 Å². The molecule has 0 aromatic heterocycles. The number of carbonyl (C=O) groups excluding carboxylic acids is 2. The average molecular weight is 237 g/mol. The van der Waals surface area contributed by atoms with Gasteiger partial charge in [-0.05, 0) is 25.1 Å². The van der Waals surface area contributed by atoms with Gasteiger partial charge in [-0.15, -0.1) is 0 Å². The van der Waals surface area contributed by atoms with Crippen LogP contribution < -0.4 is 5.32 Å². The van der Waals surface area contributed by atoms with E-state index in [0.29, 0.717) is 0 Å². The molecule has 1 amide bonds. The molecule has 0 heterocycles. The van der Waals surface area contributed by atoms with E-state index in [1.807, 2.05) is 0 Å². The van der Waals surface area contributed by atoms with Crippen molar-refractivity contribution in [2.24, 2.45) is 5.41 Å². The number of hydrogen-bond acceptors (Lipinski definition) is 2. The summed E-state index contributed by atoms with van der Waals surface area (Å²) in [5.41, 5.74) is -0.211. The molecule has 4 heteroatoms. The summed E-state index contributed by atoms with van der Waals surface area (Å²) in [5.74, 6) is -1.08. The van der Waals surface area contributed by atoms with Gasteiger partial charge in [-0.2, -0.15) is 0 Å². The maximum atomic E-state index is 13.6. The smallest absolute Gasteiger partial charge is 0.229 e. The van der Waals surface area contributed by atoms with Crippen molar-refractivity contribution < 1.29 is 14.0 Å². The van der Waals surface area contributed by atoms with Crippen LogP contribution in [0.15, 0.2) is 18.2 Å². The Balaban J connectivity index is 2.95. The molecule has 0 spiro atoms. The first-order chi connectivity index (χ1) is 7.71. The van der Waals surface area contributed by atoms with Gasteiger partial charge in [-0.25, -0.2) is 4.39 Å². The Morgan fingerprint density at radius 1 is 1.24 bits per heavy atom. The maximum Gasteiger partial charge on any atom is 0.229 e. The van der Waals surface area contributed by atoms with Gasteiger partial charge in [0.25, 0.3) is 0 Å². The van der Waals surface area contributed by atoms with Crippen LogP contribution in [0.1, 0.15) is 38.1 Å². The molecule has 0 atom stereocenters. The molecule has 1 rings (SSSR count). The number of amides is 1. The molecule has 0 radical (unpaired) electrons. The van der Waals surface area contributed by atoms with E-state index in [1.165, 1.54) is 19.1 Å². The first kappa shape index (κ1) is 13.4. The summed E-state index contributed by atoms with van der Waals surface area (Å²) in [6.07, 6.45) is 0. The normalized spacial score (nSPS) is 11.1. The van der Waals surface area contributed by atoms with Crippen molar-refractivity contribution in [1.82, 2.24) is 0 Å². The first-order valence-corrected chi connectivity index (χ1v) is 5.34. The van der Waals surface area contributed by atoms with Gasteiger partial charge in [0, 0.05) is 11.0 Å². The lowest BCUT2D eigenvalue weighted by molar-refractivity contribution is -0.123. The van der Waals surface area contributed by atoms with Gasteiger partial charge in [0.1, 0.15) is 5.82 Å². The largest absolute Gasteiger partial charge is 0.323 e. The van der Waals surface area contributed by atoms with E-state index in [0.717, 1.165) is 6.07 Å². The monoisotopic (exact) mass is 237 g/mol. The van der Waals surface area contributed by atoms with Crippen LogP contribution in [0.5, 0.6) is 0 Å². The molecule has 3 nitrogen and oxygen atoms in total. The molecule has 1 aromatic rings. The van der Waals surface area contributed by atoms with Gasteiger partial charge >= 0.3 is 0 Å². The summed E-state index contributed by atoms with van der Waals surface area (Å²) >= 11 is 0. The van der Waals surface area contributed by atoms with E-state index < -0.39 is 11.2 Å². The van der Waals surface area contributed by atoms with Crippen LogP contribution in [0.4, 0.5) is 10.1 Å². The molecule has 1 N–H and O–H groups in total. The second kappa shape index (κ2) is 4.65. The van der Waals surface area contributed by atoms with E-state index >= 15 is 0 Å². The molecular weight excluding hydrogens is 221 g/mol. The maximum absolute atomic E-state index is 13.6. The fraction of sp³-hybridized carbons (Fsp3) is 0.385. The third kappa shape index (κ3) is 3.37. The number of nitrogens with one attached hydrogen (secondary N) is 1. The van der Waals surface area contributed by atoms with E-state index in [4.69, 9.17) is 0 Å². The summed E-state index contributed by atoms with van der Waals surface area (Å²) < 4.78 is 13.6. The van der Waals surface area contributed by atoms with Crippen LogP contribution in [0, 0.1) is 11.2 Å². The number of hydrogen-bond donors (Lipinski definition) is 1. The van der Waals surface area contributed by atoms with Crippen molar-refractivity contribution in [2.45, 2.75) is 27.7 Å². The number of Topliss-reactive ketones (excluding diaryl/α,β-unsaturated/α-hetero) is 1. The van der Waals surface area contributed by atoms with Gasteiger partial charge in [-0.1, -0.05) is 20.8 Å². The Labute approximate surface area is 100 Å². The van der Waals surface area contributed by atoms with Crippen LogP contribution in [0.25, 0.3) is 0 Å². The highest BCUT2D eigenvalue weighted by Gasteiger charge is 2.22. The summed E-state index contributed by atoms with van der Waals surface area (Å²) in [6, 6.07) is 4.01. The number of benzene rings is 1. The molecule has 0 aliphatic rings. The topological polar surface area (TPSA) is 46.2 Å². The van der Waals surface area contributed by atoms with Crippen molar-refractivity contribution in [1.29, 1.82) is 0 Å². The molecular formula is C13H16FNO2. The van der Waals surface area contributed by atoms with Crippen molar-refractivity contribution in [3.05, 3.63) is 29.6 Å². The predicted molar refractivity (Wildman–Crippen MR) is 64.5 cm³/mol. The lowest BCUT2D eigenvalue weighted by Crippen LogP contribution is -2.28. The van der Waals surface area contributed by atoms with Gasteiger partial charge in [0.2, 0.25) is 5.91 Å². The summed E-state index contributed by atoms with van der Waals surface area (Å²) in [4.78, 5) is 22.7.